The second-order valence-electron chi connectivity index (χ2n) is 6.41. The highest BCUT2D eigenvalue weighted by atomic mass is 32.2. The van der Waals surface area contributed by atoms with E-state index >= 15 is 0 Å². The first-order valence-electron chi connectivity index (χ1n) is 7.93. The number of hydrogen-bond donors (Lipinski definition) is 1. The molecule has 1 aromatic rings. The molecular formula is C16H27N3OS. The number of thioether (sulfide) groups is 1. The van der Waals surface area contributed by atoms with Gasteiger partial charge in [0.2, 0.25) is 5.91 Å². The molecule has 0 bridgehead atoms. The molecule has 4 nitrogen and oxygen atoms in total. The highest BCUT2D eigenvalue weighted by Gasteiger charge is 2.18. The van der Waals surface area contributed by atoms with E-state index in [2.05, 4.69) is 35.6 Å². The van der Waals surface area contributed by atoms with Crippen molar-refractivity contribution >= 4 is 17.7 Å². The van der Waals surface area contributed by atoms with Gasteiger partial charge in [-0.2, -0.15) is 0 Å². The first-order valence-corrected chi connectivity index (χ1v) is 8.91. The number of imidazole rings is 1. The molecule has 1 heterocycles. The fourth-order valence-corrected chi connectivity index (χ4v) is 3.70. The molecule has 1 fully saturated rings. The summed E-state index contributed by atoms with van der Waals surface area (Å²) < 4.78 is 2.24. The topological polar surface area (TPSA) is 46.9 Å². The van der Waals surface area contributed by atoms with Crippen molar-refractivity contribution in [2.24, 2.45) is 5.92 Å². The monoisotopic (exact) mass is 309 g/mol. The van der Waals surface area contributed by atoms with Gasteiger partial charge in [-0.3, -0.25) is 4.79 Å². The van der Waals surface area contributed by atoms with E-state index in [1.54, 1.807) is 11.8 Å². The summed E-state index contributed by atoms with van der Waals surface area (Å²) >= 11 is 1.56. The van der Waals surface area contributed by atoms with Crippen LogP contribution >= 0.6 is 11.8 Å². The predicted molar refractivity (Wildman–Crippen MR) is 87.7 cm³/mol. The summed E-state index contributed by atoms with van der Waals surface area (Å²) in [6.45, 7) is 9.51. The molecule has 1 saturated carbocycles. The summed E-state index contributed by atoms with van der Waals surface area (Å²) in [6.07, 6.45) is 4.76. The van der Waals surface area contributed by atoms with Gasteiger partial charge in [0.1, 0.15) is 0 Å². The molecule has 2 rings (SSSR count). The Morgan fingerprint density at radius 3 is 2.67 bits per heavy atom. The van der Waals surface area contributed by atoms with Crippen LogP contribution in [0.3, 0.4) is 0 Å². The van der Waals surface area contributed by atoms with E-state index < -0.39 is 0 Å². The molecule has 0 radical (unpaired) electrons. The predicted octanol–water partition coefficient (Wildman–Crippen LogP) is 3.31. The van der Waals surface area contributed by atoms with E-state index in [0.29, 0.717) is 17.7 Å². The van der Waals surface area contributed by atoms with Gasteiger partial charge < -0.3 is 9.88 Å². The summed E-state index contributed by atoms with van der Waals surface area (Å²) in [7, 11) is 0. The second kappa shape index (κ2) is 7.34. The lowest BCUT2D eigenvalue weighted by Crippen LogP contribution is -2.33. The number of aromatic nitrogens is 2. The molecule has 0 saturated heterocycles. The quantitative estimate of drug-likeness (QED) is 0.820. The lowest BCUT2D eigenvalue weighted by atomic mass is 10.2. The zero-order valence-electron chi connectivity index (χ0n) is 13.6. The van der Waals surface area contributed by atoms with Crippen molar-refractivity contribution in [3.05, 3.63) is 11.4 Å². The smallest absolute Gasteiger partial charge is 0.230 e. The van der Waals surface area contributed by atoms with Gasteiger partial charge in [-0.15, -0.1) is 0 Å². The van der Waals surface area contributed by atoms with Gasteiger partial charge in [-0.1, -0.05) is 38.5 Å². The molecule has 1 aromatic heterocycles. The van der Waals surface area contributed by atoms with E-state index in [4.69, 9.17) is 0 Å². The Morgan fingerprint density at radius 2 is 2.05 bits per heavy atom. The Labute approximate surface area is 132 Å². The number of aryl methyl sites for hydroxylation is 1. The highest BCUT2D eigenvalue weighted by Crippen LogP contribution is 2.23. The van der Waals surface area contributed by atoms with Crippen molar-refractivity contribution in [3.8, 4) is 0 Å². The summed E-state index contributed by atoms with van der Waals surface area (Å²) in [5.41, 5.74) is 2.27. The third-order valence-electron chi connectivity index (χ3n) is 4.02. The second-order valence-corrected chi connectivity index (χ2v) is 7.35. The van der Waals surface area contributed by atoms with Gasteiger partial charge in [0.25, 0.3) is 0 Å². The number of hydrogen-bond acceptors (Lipinski definition) is 3. The average Bonchev–Trinajstić information content (AvgIpc) is 3.00. The van der Waals surface area contributed by atoms with Gasteiger partial charge >= 0.3 is 0 Å². The van der Waals surface area contributed by atoms with Crippen molar-refractivity contribution in [1.29, 1.82) is 0 Å². The fraction of sp³-hybridized carbons (Fsp3) is 0.750. The molecular weight excluding hydrogens is 282 g/mol. The number of carbonyl (C=O) groups is 1. The minimum atomic E-state index is 0.140. The van der Waals surface area contributed by atoms with Crippen molar-refractivity contribution in [1.82, 2.24) is 14.9 Å². The number of amides is 1. The normalized spacial score (nSPS) is 15.9. The molecule has 1 amide bonds. The maximum absolute atomic E-state index is 12.0. The number of carbonyl (C=O) groups excluding carboxylic acids is 1. The van der Waals surface area contributed by atoms with Gasteiger partial charge in [-0.05, 0) is 32.6 Å². The Balaban J connectivity index is 1.92. The average molecular weight is 309 g/mol. The molecule has 0 aliphatic heterocycles. The van der Waals surface area contributed by atoms with Gasteiger partial charge in [0.05, 0.1) is 11.4 Å². The minimum absolute atomic E-state index is 0.140. The zero-order chi connectivity index (χ0) is 15.4. The molecule has 1 aliphatic carbocycles. The van der Waals surface area contributed by atoms with Crippen LogP contribution in [-0.2, 0) is 11.3 Å². The van der Waals surface area contributed by atoms with Crippen LogP contribution in [0, 0.1) is 19.8 Å². The van der Waals surface area contributed by atoms with Crippen LogP contribution in [0.4, 0.5) is 0 Å². The Bertz CT molecular complexity index is 490. The molecule has 21 heavy (non-hydrogen) atoms. The number of nitrogens with one attached hydrogen (secondary N) is 1. The van der Waals surface area contributed by atoms with E-state index in [9.17, 15) is 4.79 Å². The molecule has 0 spiro atoms. The molecule has 0 unspecified atom stereocenters. The van der Waals surface area contributed by atoms with Crippen LogP contribution in [0.2, 0.25) is 0 Å². The van der Waals surface area contributed by atoms with Gasteiger partial charge in [0.15, 0.2) is 5.16 Å². The van der Waals surface area contributed by atoms with Crippen LogP contribution in [-0.4, -0.2) is 27.3 Å². The molecule has 5 heteroatoms. The maximum Gasteiger partial charge on any atom is 0.230 e. The Kier molecular flexibility index (Phi) is 5.73. The van der Waals surface area contributed by atoms with Gasteiger partial charge in [0, 0.05) is 18.3 Å². The number of nitrogens with zero attached hydrogens (tertiary/aromatic N) is 2. The van der Waals surface area contributed by atoms with Crippen molar-refractivity contribution < 1.29 is 4.79 Å². The SMILES string of the molecule is Cc1nc(SCC(=O)NC2CCCC2)n(CC(C)C)c1C. The largest absolute Gasteiger partial charge is 0.353 e. The van der Waals surface area contributed by atoms with E-state index in [1.165, 1.54) is 18.5 Å². The van der Waals surface area contributed by atoms with Crippen LogP contribution in [0.15, 0.2) is 5.16 Å². The first kappa shape index (κ1) is 16.4. The van der Waals surface area contributed by atoms with E-state index in [0.717, 1.165) is 30.2 Å². The number of rotatable bonds is 6. The molecule has 1 N–H and O–H groups in total. The Morgan fingerprint density at radius 1 is 1.38 bits per heavy atom. The summed E-state index contributed by atoms with van der Waals surface area (Å²) in [6, 6.07) is 0.400. The van der Waals surface area contributed by atoms with Crippen LogP contribution in [0.5, 0.6) is 0 Å². The zero-order valence-corrected chi connectivity index (χ0v) is 14.4. The summed E-state index contributed by atoms with van der Waals surface area (Å²) in [5, 5.41) is 4.11. The molecule has 1 aliphatic rings. The maximum atomic E-state index is 12.0. The van der Waals surface area contributed by atoms with Crippen molar-refractivity contribution in [2.75, 3.05) is 5.75 Å². The van der Waals surface area contributed by atoms with Gasteiger partial charge in [-0.25, -0.2) is 4.98 Å². The van der Waals surface area contributed by atoms with Crippen LogP contribution in [0.1, 0.15) is 50.9 Å². The molecule has 118 valence electrons. The third kappa shape index (κ3) is 4.50. The summed E-state index contributed by atoms with van der Waals surface area (Å²) in [4.78, 5) is 16.6. The Hall–Kier alpha value is -0.970. The van der Waals surface area contributed by atoms with Crippen molar-refractivity contribution in [3.63, 3.8) is 0 Å². The third-order valence-corrected chi connectivity index (χ3v) is 5.00. The highest BCUT2D eigenvalue weighted by molar-refractivity contribution is 7.99. The lowest BCUT2D eigenvalue weighted by Gasteiger charge is -2.13. The first-order chi connectivity index (χ1) is 9.97. The lowest BCUT2D eigenvalue weighted by molar-refractivity contribution is -0.119. The van der Waals surface area contributed by atoms with E-state index in [-0.39, 0.29) is 5.91 Å². The summed E-state index contributed by atoms with van der Waals surface area (Å²) in [5.74, 6) is 1.18. The van der Waals surface area contributed by atoms with Crippen LogP contribution < -0.4 is 5.32 Å². The standard InChI is InChI=1S/C16H27N3OS/c1-11(2)9-19-13(4)12(3)17-16(19)21-10-15(20)18-14-7-5-6-8-14/h11,14H,5-10H2,1-4H3,(H,18,20). The minimum Gasteiger partial charge on any atom is -0.353 e. The fourth-order valence-electron chi connectivity index (χ4n) is 2.78. The molecule has 0 atom stereocenters. The molecule has 0 aromatic carbocycles. The van der Waals surface area contributed by atoms with E-state index in [1.807, 2.05) is 6.92 Å². The van der Waals surface area contributed by atoms with Crippen LogP contribution in [0.25, 0.3) is 0 Å². The van der Waals surface area contributed by atoms with Crippen molar-refractivity contribution in [2.45, 2.75) is 71.1 Å².